The highest BCUT2D eigenvalue weighted by molar-refractivity contribution is 7.89. The van der Waals surface area contributed by atoms with Crippen molar-refractivity contribution < 1.29 is 32.6 Å². The zero-order chi connectivity index (χ0) is 19.3. The van der Waals surface area contributed by atoms with Crippen LogP contribution in [0.1, 0.15) is 22.8 Å². The zero-order valence-electron chi connectivity index (χ0n) is 13.9. The molecule has 2 aromatic rings. The average molecular weight is 382 g/mol. The van der Waals surface area contributed by atoms with Crippen LogP contribution in [0, 0.1) is 5.82 Å². The van der Waals surface area contributed by atoms with Crippen molar-refractivity contribution in [1.29, 1.82) is 0 Å². The molecule has 0 saturated carbocycles. The topological polar surface area (TPSA) is 116 Å². The highest BCUT2D eigenvalue weighted by Crippen LogP contribution is 2.27. The van der Waals surface area contributed by atoms with Crippen LogP contribution in [0.2, 0.25) is 0 Å². The molecule has 0 aliphatic rings. The highest BCUT2D eigenvalue weighted by atomic mass is 32.2. The number of aromatic hydroxyl groups is 1. The summed E-state index contributed by atoms with van der Waals surface area (Å²) in [7, 11) is -4.24. The van der Waals surface area contributed by atoms with Gasteiger partial charge >= 0.3 is 0 Å². The van der Waals surface area contributed by atoms with Gasteiger partial charge in [-0.25, -0.2) is 17.5 Å². The second-order valence-corrected chi connectivity index (χ2v) is 7.05. The Hall–Kier alpha value is -2.65. The maximum atomic E-state index is 13.8. The smallest absolute Gasteiger partial charge is 0.243 e. The second-order valence-electron chi connectivity index (χ2n) is 5.32. The quantitative estimate of drug-likeness (QED) is 0.698. The Morgan fingerprint density at radius 2 is 2.00 bits per heavy atom. The Morgan fingerprint density at radius 1 is 1.27 bits per heavy atom. The van der Waals surface area contributed by atoms with Gasteiger partial charge in [0, 0.05) is 6.54 Å². The SMILES string of the molecule is CCOc1cc(CCNS(=O)(=O)c2cc(C(=O)[O-])ccc2F)ccc1O. The first-order valence-electron chi connectivity index (χ1n) is 7.70. The molecule has 0 fully saturated rings. The van der Waals surface area contributed by atoms with Crippen molar-refractivity contribution in [1.82, 2.24) is 4.72 Å². The lowest BCUT2D eigenvalue weighted by Gasteiger charge is -2.11. The zero-order valence-corrected chi connectivity index (χ0v) is 14.7. The number of carboxylic acid groups (broad SMARTS) is 1. The molecule has 0 unspecified atom stereocenters. The molecule has 0 heterocycles. The number of carbonyl (C=O) groups excluding carboxylic acids is 1. The van der Waals surface area contributed by atoms with Crippen LogP contribution >= 0.6 is 0 Å². The molecule has 2 N–H and O–H groups in total. The van der Waals surface area contributed by atoms with E-state index in [1.165, 1.54) is 6.07 Å². The number of sulfonamides is 1. The van der Waals surface area contributed by atoms with Gasteiger partial charge in [0.05, 0.1) is 12.6 Å². The predicted molar refractivity (Wildman–Crippen MR) is 88.9 cm³/mol. The van der Waals surface area contributed by atoms with Crippen LogP contribution in [0.5, 0.6) is 11.5 Å². The average Bonchev–Trinajstić information content (AvgIpc) is 2.57. The van der Waals surface area contributed by atoms with E-state index in [0.717, 1.165) is 12.1 Å². The minimum absolute atomic E-state index is 0.0302. The summed E-state index contributed by atoms with van der Waals surface area (Å²) in [6.45, 7) is 2.06. The molecule has 0 spiro atoms. The maximum absolute atomic E-state index is 13.8. The van der Waals surface area contributed by atoms with Crippen molar-refractivity contribution in [3.63, 3.8) is 0 Å². The molecule has 2 rings (SSSR count). The number of nitrogens with one attached hydrogen (secondary N) is 1. The molecule has 2 aromatic carbocycles. The van der Waals surface area contributed by atoms with Crippen LogP contribution in [0.25, 0.3) is 0 Å². The van der Waals surface area contributed by atoms with Gasteiger partial charge < -0.3 is 19.7 Å². The summed E-state index contributed by atoms with van der Waals surface area (Å²) < 4.78 is 45.7. The molecule has 9 heteroatoms. The van der Waals surface area contributed by atoms with Gasteiger partial charge in [0.2, 0.25) is 10.0 Å². The Labute approximate surface area is 150 Å². The maximum Gasteiger partial charge on any atom is 0.243 e. The van der Waals surface area contributed by atoms with Crippen molar-refractivity contribution >= 4 is 16.0 Å². The lowest BCUT2D eigenvalue weighted by atomic mass is 10.1. The summed E-state index contributed by atoms with van der Waals surface area (Å²) in [5.41, 5.74) is 0.254. The van der Waals surface area contributed by atoms with Crippen molar-refractivity contribution in [3.05, 3.63) is 53.3 Å². The standard InChI is InChI=1S/C17H18FNO6S/c1-2-25-15-9-11(3-6-14(15)20)7-8-19-26(23,24)16-10-12(17(21)22)4-5-13(16)18/h3-6,9-10,19-20H,2,7-8H2,1H3,(H,21,22)/p-1. The van der Waals surface area contributed by atoms with Crippen molar-refractivity contribution in [2.75, 3.05) is 13.2 Å². The molecule has 26 heavy (non-hydrogen) atoms. The second kappa shape index (κ2) is 8.15. The summed E-state index contributed by atoms with van der Waals surface area (Å²) in [6.07, 6.45) is 0.251. The van der Waals surface area contributed by atoms with E-state index < -0.39 is 32.3 Å². The monoisotopic (exact) mass is 382 g/mol. The number of benzene rings is 2. The third kappa shape index (κ3) is 4.70. The summed E-state index contributed by atoms with van der Waals surface area (Å²) in [4.78, 5) is 10.1. The van der Waals surface area contributed by atoms with E-state index >= 15 is 0 Å². The van der Waals surface area contributed by atoms with Gasteiger partial charge in [-0.1, -0.05) is 12.1 Å². The number of halogens is 1. The number of rotatable bonds is 8. The van der Waals surface area contributed by atoms with E-state index in [4.69, 9.17) is 4.74 Å². The number of hydrogen-bond donors (Lipinski definition) is 2. The lowest BCUT2D eigenvalue weighted by Crippen LogP contribution is -2.28. The molecular weight excluding hydrogens is 365 g/mol. The molecule has 0 aliphatic carbocycles. The number of phenolic OH excluding ortho intramolecular Hbond substituents is 1. The molecule has 0 aliphatic heterocycles. The predicted octanol–water partition coefficient (Wildman–Crippen LogP) is 0.815. The Kier molecular flexibility index (Phi) is 6.17. The number of phenols is 1. The van der Waals surface area contributed by atoms with Crippen LogP contribution in [-0.2, 0) is 16.4 Å². The first kappa shape index (κ1) is 19.7. The minimum Gasteiger partial charge on any atom is -0.545 e. The van der Waals surface area contributed by atoms with E-state index in [1.807, 2.05) is 0 Å². The van der Waals surface area contributed by atoms with Crippen molar-refractivity contribution in [2.24, 2.45) is 0 Å². The third-order valence-corrected chi connectivity index (χ3v) is 4.96. The summed E-state index contributed by atoms with van der Waals surface area (Å²) in [5.74, 6) is -2.42. The van der Waals surface area contributed by atoms with Gasteiger partial charge in [-0.2, -0.15) is 0 Å². The van der Waals surface area contributed by atoms with Crippen LogP contribution in [0.4, 0.5) is 4.39 Å². The fourth-order valence-corrected chi connectivity index (χ4v) is 3.36. The molecule has 0 atom stereocenters. The number of ether oxygens (including phenoxy) is 1. The van der Waals surface area contributed by atoms with E-state index in [2.05, 4.69) is 4.72 Å². The molecule has 0 radical (unpaired) electrons. The largest absolute Gasteiger partial charge is 0.545 e. The summed E-state index contributed by atoms with van der Waals surface area (Å²) in [5, 5.41) is 20.5. The van der Waals surface area contributed by atoms with Gasteiger partial charge in [-0.15, -0.1) is 0 Å². The van der Waals surface area contributed by atoms with Crippen molar-refractivity contribution in [3.8, 4) is 11.5 Å². The van der Waals surface area contributed by atoms with Gasteiger partial charge in [0.25, 0.3) is 0 Å². The number of hydrogen-bond acceptors (Lipinski definition) is 6. The lowest BCUT2D eigenvalue weighted by molar-refractivity contribution is -0.255. The normalized spacial score (nSPS) is 11.3. The minimum atomic E-state index is -4.24. The third-order valence-electron chi connectivity index (χ3n) is 3.49. The highest BCUT2D eigenvalue weighted by Gasteiger charge is 2.19. The fourth-order valence-electron chi connectivity index (χ4n) is 2.23. The van der Waals surface area contributed by atoms with Gasteiger partial charge in [0.15, 0.2) is 11.5 Å². The van der Waals surface area contributed by atoms with Crippen LogP contribution in [0.3, 0.4) is 0 Å². The van der Waals surface area contributed by atoms with Crippen LogP contribution in [0.15, 0.2) is 41.3 Å². The fraction of sp³-hybridized carbons (Fsp3) is 0.235. The molecule has 0 saturated heterocycles. The Bertz CT molecular complexity index is 913. The van der Waals surface area contributed by atoms with Gasteiger partial charge in [-0.3, -0.25) is 0 Å². The number of carboxylic acids is 1. The summed E-state index contributed by atoms with van der Waals surface area (Å²) in [6, 6.07) is 7.00. The number of carbonyl (C=O) groups is 1. The Balaban J connectivity index is 2.11. The molecule has 0 aromatic heterocycles. The summed E-state index contributed by atoms with van der Waals surface area (Å²) >= 11 is 0. The van der Waals surface area contributed by atoms with E-state index in [9.17, 15) is 27.8 Å². The van der Waals surface area contributed by atoms with Gasteiger partial charge in [0.1, 0.15) is 10.7 Å². The van der Waals surface area contributed by atoms with E-state index in [0.29, 0.717) is 18.2 Å². The Morgan fingerprint density at radius 3 is 2.65 bits per heavy atom. The molecular formula is C17H17FNO6S-. The molecule has 0 amide bonds. The van der Waals surface area contributed by atoms with E-state index in [1.54, 1.807) is 19.1 Å². The van der Waals surface area contributed by atoms with E-state index in [-0.39, 0.29) is 24.5 Å². The first-order chi connectivity index (χ1) is 12.2. The first-order valence-corrected chi connectivity index (χ1v) is 9.18. The molecule has 140 valence electrons. The molecule has 7 nitrogen and oxygen atoms in total. The molecule has 0 bridgehead atoms. The van der Waals surface area contributed by atoms with Crippen molar-refractivity contribution in [2.45, 2.75) is 18.2 Å². The van der Waals surface area contributed by atoms with Crippen LogP contribution in [-0.4, -0.2) is 32.6 Å². The number of aromatic carboxylic acids is 1. The van der Waals surface area contributed by atoms with Gasteiger partial charge in [-0.05, 0) is 48.7 Å². The van der Waals surface area contributed by atoms with Crippen LogP contribution < -0.4 is 14.6 Å².